The molecule has 0 saturated heterocycles. The standard InChI is InChI=1S/C17H18O2/c1-12-7-13(2)9-16(8-12)15-6-4-5-14(10-15)11-17(18)19-3/h4-10H,11H2,1-3H3. The quantitative estimate of drug-likeness (QED) is 0.781. The van der Waals surface area contributed by atoms with Crippen molar-refractivity contribution in [2.24, 2.45) is 0 Å². The van der Waals surface area contributed by atoms with Gasteiger partial charge in [0.15, 0.2) is 0 Å². The van der Waals surface area contributed by atoms with E-state index in [9.17, 15) is 4.79 Å². The Hall–Kier alpha value is -2.09. The van der Waals surface area contributed by atoms with Crippen molar-refractivity contribution < 1.29 is 9.53 Å². The van der Waals surface area contributed by atoms with Gasteiger partial charge in [-0.3, -0.25) is 4.79 Å². The first-order chi connectivity index (χ1) is 9.08. The van der Waals surface area contributed by atoms with Crippen molar-refractivity contribution in [3.8, 4) is 11.1 Å². The Bertz CT molecular complexity index is 580. The van der Waals surface area contributed by atoms with Crippen LogP contribution in [-0.2, 0) is 16.0 Å². The van der Waals surface area contributed by atoms with Crippen LogP contribution in [0.4, 0.5) is 0 Å². The van der Waals surface area contributed by atoms with Crippen molar-refractivity contribution in [2.75, 3.05) is 7.11 Å². The molecule has 0 unspecified atom stereocenters. The number of ether oxygens (including phenoxy) is 1. The van der Waals surface area contributed by atoms with E-state index in [-0.39, 0.29) is 5.97 Å². The Morgan fingerprint density at radius 1 is 1.00 bits per heavy atom. The molecule has 0 radical (unpaired) electrons. The topological polar surface area (TPSA) is 26.3 Å². The minimum Gasteiger partial charge on any atom is -0.469 e. The fourth-order valence-electron chi connectivity index (χ4n) is 2.24. The lowest BCUT2D eigenvalue weighted by Gasteiger charge is -2.07. The number of carbonyl (C=O) groups excluding carboxylic acids is 1. The number of hydrogen-bond acceptors (Lipinski definition) is 2. The van der Waals surface area contributed by atoms with Gasteiger partial charge < -0.3 is 4.74 Å². The smallest absolute Gasteiger partial charge is 0.309 e. The molecule has 0 heterocycles. The van der Waals surface area contributed by atoms with Crippen molar-refractivity contribution in [1.29, 1.82) is 0 Å². The molecule has 0 aliphatic heterocycles. The average Bonchev–Trinajstić information content (AvgIpc) is 2.38. The van der Waals surface area contributed by atoms with Crippen molar-refractivity contribution in [3.63, 3.8) is 0 Å². The summed E-state index contributed by atoms with van der Waals surface area (Å²) in [5, 5.41) is 0. The molecule has 98 valence electrons. The first-order valence-electron chi connectivity index (χ1n) is 6.33. The second-order valence-corrected chi connectivity index (χ2v) is 4.83. The van der Waals surface area contributed by atoms with Crippen molar-refractivity contribution in [2.45, 2.75) is 20.3 Å². The van der Waals surface area contributed by atoms with Gasteiger partial charge in [-0.1, -0.05) is 53.6 Å². The van der Waals surface area contributed by atoms with Crippen LogP contribution in [0.25, 0.3) is 11.1 Å². The molecular weight excluding hydrogens is 236 g/mol. The maximum absolute atomic E-state index is 11.3. The minimum atomic E-state index is -0.211. The summed E-state index contributed by atoms with van der Waals surface area (Å²) < 4.78 is 4.70. The summed E-state index contributed by atoms with van der Waals surface area (Å²) in [6.07, 6.45) is 0.315. The van der Waals surface area contributed by atoms with E-state index < -0.39 is 0 Å². The zero-order valence-corrected chi connectivity index (χ0v) is 11.6. The van der Waals surface area contributed by atoms with Crippen LogP contribution in [0.2, 0.25) is 0 Å². The normalized spacial score (nSPS) is 10.3. The third kappa shape index (κ3) is 3.44. The molecule has 2 aromatic carbocycles. The van der Waals surface area contributed by atoms with Crippen LogP contribution in [0.3, 0.4) is 0 Å². The van der Waals surface area contributed by atoms with Gasteiger partial charge in [0.05, 0.1) is 13.5 Å². The van der Waals surface area contributed by atoms with Crippen molar-refractivity contribution in [1.82, 2.24) is 0 Å². The molecule has 0 N–H and O–H groups in total. The van der Waals surface area contributed by atoms with Gasteiger partial charge in [-0.25, -0.2) is 0 Å². The van der Waals surface area contributed by atoms with E-state index in [1.165, 1.54) is 23.8 Å². The summed E-state index contributed by atoms with van der Waals surface area (Å²) in [5.74, 6) is -0.211. The number of esters is 1. The van der Waals surface area contributed by atoms with Gasteiger partial charge in [0.2, 0.25) is 0 Å². The molecular formula is C17H18O2. The van der Waals surface area contributed by atoms with Crippen LogP contribution < -0.4 is 0 Å². The Morgan fingerprint density at radius 2 is 1.68 bits per heavy atom. The van der Waals surface area contributed by atoms with Gasteiger partial charge in [0.25, 0.3) is 0 Å². The van der Waals surface area contributed by atoms with Crippen LogP contribution in [0, 0.1) is 13.8 Å². The minimum absolute atomic E-state index is 0.211. The Kier molecular flexibility index (Phi) is 4.00. The predicted molar refractivity (Wildman–Crippen MR) is 77.1 cm³/mol. The lowest BCUT2D eigenvalue weighted by Crippen LogP contribution is -2.04. The van der Waals surface area contributed by atoms with E-state index in [1.807, 2.05) is 18.2 Å². The number of aryl methyl sites for hydroxylation is 2. The fraction of sp³-hybridized carbons (Fsp3) is 0.235. The van der Waals surface area contributed by atoms with Crippen LogP contribution in [0.1, 0.15) is 16.7 Å². The maximum Gasteiger partial charge on any atom is 0.309 e. The van der Waals surface area contributed by atoms with E-state index in [2.05, 4.69) is 38.1 Å². The summed E-state index contributed by atoms with van der Waals surface area (Å²) in [5.41, 5.74) is 5.78. The zero-order chi connectivity index (χ0) is 13.8. The predicted octanol–water partition coefficient (Wildman–Crippen LogP) is 3.69. The van der Waals surface area contributed by atoms with E-state index in [0.717, 1.165) is 11.1 Å². The number of carbonyl (C=O) groups is 1. The van der Waals surface area contributed by atoms with Crippen LogP contribution in [0.5, 0.6) is 0 Å². The average molecular weight is 254 g/mol. The van der Waals surface area contributed by atoms with Gasteiger partial charge in [-0.2, -0.15) is 0 Å². The highest BCUT2D eigenvalue weighted by atomic mass is 16.5. The molecule has 0 bridgehead atoms. The molecule has 0 amide bonds. The number of rotatable bonds is 3. The number of benzene rings is 2. The van der Waals surface area contributed by atoms with Gasteiger partial charge in [-0.05, 0) is 30.5 Å². The van der Waals surface area contributed by atoms with Gasteiger partial charge in [-0.15, -0.1) is 0 Å². The molecule has 0 spiro atoms. The molecule has 0 aliphatic rings. The maximum atomic E-state index is 11.3. The number of methoxy groups -OCH3 is 1. The largest absolute Gasteiger partial charge is 0.469 e. The Balaban J connectivity index is 2.34. The molecule has 0 fully saturated rings. The van der Waals surface area contributed by atoms with Crippen LogP contribution >= 0.6 is 0 Å². The molecule has 0 aromatic heterocycles. The summed E-state index contributed by atoms with van der Waals surface area (Å²) in [7, 11) is 1.41. The zero-order valence-electron chi connectivity index (χ0n) is 11.6. The highest BCUT2D eigenvalue weighted by Gasteiger charge is 2.05. The van der Waals surface area contributed by atoms with E-state index in [1.54, 1.807) is 0 Å². The summed E-state index contributed by atoms with van der Waals surface area (Å²) in [6.45, 7) is 4.18. The Labute approximate surface area is 114 Å². The lowest BCUT2D eigenvalue weighted by molar-refractivity contribution is -0.139. The lowest BCUT2D eigenvalue weighted by atomic mass is 9.98. The molecule has 2 aromatic rings. The highest BCUT2D eigenvalue weighted by Crippen LogP contribution is 2.23. The third-order valence-electron chi connectivity index (χ3n) is 3.06. The van der Waals surface area contributed by atoms with Crippen LogP contribution in [0.15, 0.2) is 42.5 Å². The molecule has 2 heteroatoms. The van der Waals surface area contributed by atoms with Crippen LogP contribution in [-0.4, -0.2) is 13.1 Å². The molecule has 0 atom stereocenters. The third-order valence-corrected chi connectivity index (χ3v) is 3.06. The van der Waals surface area contributed by atoms with Crippen molar-refractivity contribution >= 4 is 5.97 Å². The van der Waals surface area contributed by atoms with E-state index in [0.29, 0.717) is 6.42 Å². The van der Waals surface area contributed by atoms with E-state index >= 15 is 0 Å². The van der Waals surface area contributed by atoms with E-state index in [4.69, 9.17) is 4.74 Å². The van der Waals surface area contributed by atoms with Gasteiger partial charge in [0, 0.05) is 0 Å². The van der Waals surface area contributed by atoms with Crippen molar-refractivity contribution in [3.05, 3.63) is 59.2 Å². The van der Waals surface area contributed by atoms with Gasteiger partial charge >= 0.3 is 5.97 Å². The summed E-state index contributed by atoms with van der Waals surface area (Å²) >= 11 is 0. The second-order valence-electron chi connectivity index (χ2n) is 4.83. The van der Waals surface area contributed by atoms with Gasteiger partial charge in [0.1, 0.15) is 0 Å². The molecule has 19 heavy (non-hydrogen) atoms. The molecule has 0 aliphatic carbocycles. The summed E-state index contributed by atoms with van der Waals surface area (Å²) in [4.78, 5) is 11.3. The molecule has 2 rings (SSSR count). The SMILES string of the molecule is COC(=O)Cc1cccc(-c2cc(C)cc(C)c2)c1. The summed E-state index contributed by atoms with van der Waals surface area (Å²) in [6, 6.07) is 14.5. The molecule has 0 saturated carbocycles. The monoisotopic (exact) mass is 254 g/mol. The highest BCUT2D eigenvalue weighted by molar-refractivity contribution is 5.74. The Morgan fingerprint density at radius 3 is 2.32 bits per heavy atom. The first-order valence-corrected chi connectivity index (χ1v) is 6.33. The molecule has 2 nitrogen and oxygen atoms in total. The number of hydrogen-bond donors (Lipinski definition) is 0. The fourth-order valence-corrected chi connectivity index (χ4v) is 2.24. The second kappa shape index (κ2) is 5.70. The first kappa shape index (κ1) is 13.3.